The van der Waals surface area contributed by atoms with Gasteiger partial charge >= 0.3 is 5.97 Å². The van der Waals surface area contributed by atoms with Crippen LogP contribution >= 0.6 is 0 Å². The highest BCUT2D eigenvalue weighted by Crippen LogP contribution is 2.38. The third-order valence-corrected chi connectivity index (χ3v) is 4.54. The number of hydrogen-bond acceptors (Lipinski definition) is 4. The van der Waals surface area contributed by atoms with Gasteiger partial charge in [0, 0.05) is 12.0 Å². The number of benzene rings is 2. The Kier molecular flexibility index (Phi) is 4.46. The topological polar surface area (TPSA) is 96.0 Å². The van der Waals surface area contributed by atoms with Crippen LogP contribution in [0.5, 0.6) is 0 Å². The number of carboxylic acids is 1. The first-order chi connectivity index (χ1) is 12.5. The number of nitrogens with zero attached hydrogens (tertiary/aromatic N) is 2. The Bertz CT molecular complexity index is 928. The van der Waals surface area contributed by atoms with Crippen LogP contribution in [0, 0.1) is 12.3 Å². The van der Waals surface area contributed by atoms with E-state index >= 15 is 0 Å². The number of amides is 1. The van der Waals surface area contributed by atoms with Crippen LogP contribution in [0.3, 0.4) is 0 Å². The van der Waals surface area contributed by atoms with E-state index in [9.17, 15) is 14.7 Å². The number of carbonyl (C=O) groups excluding carboxylic acids is 1. The summed E-state index contributed by atoms with van der Waals surface area (Å²) in [7, 11) is 0. The van der Waals surface area contributed by atoms with Gasteiger partial charge in [0.05, 0.1) is 6.21 Å². The molecule has 130 valence electrons. The maximum atomic E-state index is 13.0. The van der Waals surface area contributed by atoms with Crippen molar-refractivity contribution in [3.8, 4) is 12.3 Å². The average molecular weight is 347 g/mol. The first-order valence-electron chi connectivity index (χ1n) is 7.95. The first-order valence-corrected chi connectivity index (χ1v) is 7.95. The van der Waals surface area contributed by atoms with Crippen LogP contribution < -0.4 is 5.84 Å². The minimum atomic E-state index is -1.18. The minimum Gasteiger partial charge on any atom is -0.480 e. The van der Waals surface area contributed by atoms with Crippen LogP contribution in [-0.4, -0.2) is 34.6 Å². The highest BCUT2D eigenvalue weighted by Gasteiger charge is 2.45. The molecule has 1 unspecified atom stereocenters. The summed E-state index contributed by atoms with van der Waals surface area (Å²) in [6.45, 7) is -0.483. The smallest absolute Gasteiger partial charge is 0.323 e. The Hall–Kier alpha value is -3.59. The van der Waals surface area contributed by atoms with E-state index in [0.717, 1.165) is 11.1 Å². The molecule has 0 aromatic heterocycles. The van der Waals surface area contributed by atoms with E-state index in [1.54, 1.807) is 36.4 Å². The molecule has 0 radical (unpaired) electrons. The van der Waals surface area contributed by atoms with E-state index in [1.165, 1.54) is 11.1 Å². The maximum absolute atomic E-state index is 13.0. The van der Waals surface area contributed by atoms with Gasteiger partial charge in [0.2, 0.25) is 0 Å². The number of hydrazone groups is 1. The summed E-state index contributed by atoms with van der Waals surface area (Å²) in [6.07, 6.45) is 7.69. The SMILES string of the molecule is C#CC1(c2ccc(C=NN)cc2)Cc2ccccc2C(=O)N1CC(=O)O. The van der Waals surface area contributed by atoms with E-state index < -0.39 is 18.1 Å². The van der Waals surface area contributed by atoms with Gasteiger partial charge in [-0.2, -0.15) is 5.10 Å². The zero-order chi connectivity index (χ0) is 18.7. The lowest BCUT2D eigenvalue weighted by molar-refractivity contribution is -0.138. The number of rotatable bonds is 4. The van der Waals surface area contributed by atoms with Crippen LogP contribution in [0.4, 0.5) is 0 Å². The predicted octanol–water partition coefficient (Wildman–Crippen LogP) is 1.59. The van der Waals surface area contributed by atoms with E-state index in [2.05, 4.69) is 11.0 Å². The number of nitrogens with two attached hydrogens (primary N) is 1. The van der Waals surface area contributed by atoms with Gasteiger partial charge in [-0.05, 0) is 22.8 Å². The molecule has 1 heterocycles. The van der Waals surface area contributed by atoms with Crippen molar-refractivity contribution in [2.45, 2.75) is 12.0 Å². The van der Waals surface area contributed by atoms with Crippen molar-refractivity contribution in [2.24, 2.45) is 10.9 Å². The Morgan fingerprint density at radius 3 is 2.62 bits per heavy atom. The fourth-order valence-electron chi connectivity index (χ4n) is 3.32. The lowest BCUT2D eigenvalue weighted by Crippen LogP contribution is -2.55. The minimum absolute atomic E-state index is 0.336. The number of carbonyl (C=O) groups is 2. The molecule has 26 heavy (non-hydrogen) atoms. The predicted molar refractivity (Wildman–Crippen MR) is 97.6 cm³/mol. The van der Waals surface area contributed by atoms with Crippen molar-refractivity contribution in [3.63, 3.8) is 0 Å². The standard InChI is InChI=1S/C20H17N3O3/c1-2-20(16-9-7-14(8-10-16)12-22-21)11-15-5-3-4-6-17(15)19(26)23(20)13-18(24)25/h1,3-10,12H,11,13,21H2,(H,24,25). The second-order valence-electron chi connectivity index (χ2n) is 6.02. The molecule has 0 aliphatic carbocycles. The lowest BCUT2D eigenvalue weighted by Gasteiger charge is -2.43. The Morgan fingerprint density at radius 2 is 2.00 bits per heavy atom. The Balaban J connectivity index is 2.17. The summed E-state index contributed by atoms with van der Waals surface area (Å²) in [5.74, 6) is 6.35. The fourth-order valence-corrected chi connectivity index (χ4v) is 3.32. The van der Waals surface area contributed by atoms with Crippen LogP contribution in [-0.2, 0) is 16.8 Å². The Labute approximate surface area is 150 Å². The molecule has 2 aromatic carbocycles. The summed E-state index contributed by atoms with van der Waals surface area (Å²) in [6, 6.07) is 14.2. The number of carboxylic acid groups (broad SMARTS) is 1. The number of terminal acetylenes is 1. The van der Waals surface area contributed by atoms with Crippen LogP contribution in [0.15, 0.2) is 53.6 Å². The number of aliphatic carboxylic acids is 1. The number of fused-ring (bicyclic) bond motifs is 1. The van der Waals surface area contributed by atoms with Crippen LogP contribution in [0.1, 0.15) is 27.0 Å². The molecule has 1 aliphatic rings. The van der Waals surface area contributed by atoms with Gasteiger partial charge in [0.1, 0.15) is 12.1 Å². The summed E-state index contributed by atoms with van der Waals surface area (Å²) >= 11 is 0. The fraction of sp³-hybridized carbons (Fsp3) is 0.150. The molecule has 0 saturated heterocycles. The molecule has 6 heteroatoms. The third kappa shape index (κ3) is 2.80. The molecule has 1 aliphatic heterocycles. The van der Waals surface area contributed by atoms with Crippen molar-refractivity contribution < 1.29 is 14.7 Å². The Morgan fingerprint density at radius 1 is 1.31 bits per heavy atom. The van der Waals surface area contributed by atoms with Crippen molar-refractivity contribution in [3.05, 3.63) is 70.8 Å². The van der Waals surface area contributed by atoms with E-state index in [1.807, 2.05) is 12.1 Å². The molecule has 0 saturated carbocycles. The van der Waals surface area contributed by atoms with E-state index in [-0.39, 0.29) is 5.91 Å². The highest BCUT2D eigenvalue weighted by molar-refractivity contribution is 5.99. The van der Waals surface area contributed by atoms with Crippen LogP contribution in [0.25, 0.3) is 0 Å². The van der Waals surface area contributed by atoms with Gasteiger partial charge in [-0.15, -0.1) is 6.42 Å². The molecule has 0 bridgehead atoms. The largest absolute Gasteiger partial charge is 0.480 e. The molecule has 6 nitrogen and oxygen atoms in total. The van der Waals surface area contributed by atoms with Crippen molar-refractivity contribution in [2.75, 3.05) is 6.54 Å². The molecule has 0 spiro atoms. The van der Waals surface area contributed by atoms with Gasteiger partial charge in [-0.25, -0.2) is 0 Å². The first kappa shape index (κ1) is 17.2. The molecular formula is C20H17N3O3. The summed E-state index contributed by atoms with van der Waals surface area (Å²) in [5, 5.41) is 12.8. The molecular weight excluding hydrogens is 330 g/mol. The van der Waals surface area contributed by atoms with Gasteiger partial charge in [-0.1, -0.05) is 48.4 Å². The lowest BCUT2D eigenvalue weighted by atomic mass is 9.77. The van der Waals surface area contributed by atoms with Crippen LogP contribution in [0.2, 0.25) is 0 Å². The summed E-state index contributed by atoms with van der Waals surface area (Å²) in [4.78, 5) is 25.7. The molecule has 2 aromatic rings. The zero-order valence-corrected chi connectivity index (χ0v) is 13.9. The van der Waals surface area contributed by atoms with E-state index in [0.29, 0.717) is 17.5 Å². The summed E-state index contributed by atoms with van der Waals surface area (Å²) < 4.78 is 0. The molecule has 1 atom stereocenters. The highest BCUT2D eigenvalue weighted by atomic mass is 16.4. The molecule has 3 rings (SSSR count). The molecule has 3 N–H and O–H groups in total. The number of hydrogen-bond donors (Lipinski definition) is 2. The van der Waals surface area contributed by atoms with Crippen molar-refractivity contribution >= 4 is 18.1 Å². The maximum Gasteiger partial charge on any atom is 0.323 e. The van der Waals surface area contributed by atoms with Gasteiger partial charge in [0.15, 0.2) is 0 Å². The second kappa shape index (κ2) is 6.73. The second-order valence-corrected chi connectivity index (χ2v) is 6.02. The molecule has 1 amide bonds. The third-order valence-electron chi connectivity index (χ3n) is 4.54. The van der Waals surface area contributed by atoms with Crippen molar-refractivity contribution in [1.82, 2.24) is 4.90 Å². The quantitative estimate of drug-likeness (QED) is 0.380. The molecule has 0 fully saturated rings. The average Bonchev–Trinajstić information content (AvgIpc) is 2.65. The zero-order valence-electron chi connectivity index (χ0n) is 13.9. The van der Waals surface area contributed by atoms with Crippen molar-refractivity contribution in [1.29, 1.82) is 0 Å². The summed E-state index contributed by atoms with van der Waals surface area (Å²) in [5.41, 5.74) is 1.53. The monoisotopic (exact) mass is 347 g/mol. The van der Waals surface area contributed by atoms with Gasteiger partial charge in [-0.3, -0.25) is 9.59 Å². The van der Waals surface area contributed by atoms with Gasteiger partial charge in [0.25, 0.3) is 5.91 Å². The normalized spacial score (nSPS) is 19.2. The van der Waals surface area contributed by atoms with Gasteiger partial charge < -0.3 is 15.8 Å². The van der Waals surface area contributed by atoms with E-state index in [4.69, 9.17) is 12.3 Å².